The van der Waals surface area contributed by atoms with Crippen molar-refractivity contribution in [1.29, 1.82) is 0 Å². The number of esters is 1. The zero-order chi connectivity index (χ0) is 12.3. The van der Waals surface area contributed by atoms with Gasteiger partial charge in [0, 0.05) is 5.02 Å². The van der Waals surface area contributed by atoms with Crippen molar-refractivity contribution in [3.05, 3.63) is 39.9 Å². The summed E-state index contributed by atoms with van der Waals surface area (Å²) in [6.07, 6.45) is 4.25. The third-order valence-corrected chi connectivity index (χ3v) is 3.21. The van der Waals surface area contributed by atoms with Crippen LogP contribution in [0.15, 0.2) is 23.8 Å². The Bertz CT molecular complexity index is 463. The number of aryl methyl sites for hydroxylation is 1. The molecule has 0 bridgehead atoms. The summed E-state index contributed by atoms with van der Waals surface area (Å²) >= 11 is 6.14. The Balaban J connectivity index is 2.17. The fourth-order valence-corrected chi connectivity index (χ4v) is 2.32. The van der Waals surface area contributed by atoms with E-state index in [2.05, 4.69) is 6.07 Å². The summed E-state index contributed by atoms with van der Waals surface area (Å²) in [4.78, 5) is 11.4. The predicted octanol–water partition coefficient (Wildman–Crippen LogP) is 3.62. The molecule has 1 aliphatic carbocycles. The van der Waals surface area contributed by atoms with Crippen molar-refractivity contribution in [2.24, 2.45) is 0 Å². The number of carbonyl (C=O) groups is 1. The Labute approximate surface area is 106 Å². The van der Waals surface area contributed by atoms with Crippen molar-refractivity contribution in [1.82, 2.24) is 0 Å². The lowest BCUT2D eigenvalue weighted by atomic mass is 9.91. The minimum atomic E-state index is -0.158. The quantitative estimate of drug-likeness (QED) is 0.766. The van der Waals surface area contributed by atoms with Crippen LogP contribution in [-0.4, -0.2) is 12.6 Å². The number of ether oxygens (including phenoxy) is 1. The first kappa shape index (κ1) is 12.2. The molecular weight excluding hydrogens is 236 g/mol. The highest BCUT2D eigenvalue weighted by Crippen LogP contribution is 2.30. The van der Waals surface area contributed by atoms with E-state index in [0.717, 1.165) is 29.0 Å². The molecule has 0 saturated carbocycles. The molecule has 0 radical (unpaired) electrons. The molecule has 2 nitrogen and oxygen atoms in total. The molecule has 3 heteroatoms. The molecule has 0 spiro atoms. The average Bonchev–Trinajstić information content (AvgIpc) is 2.30. The van der Waals surface area contributed by atoms with Gasteiger partial charge in [0.2, 0.25) is 0 Å². The zero-order valence-electron chi connectivity index (χ0n) is 9.83. The van der Waals surface area contributed by atoms with Gasteiger partial charge >= 0.3 is 5.97 Å². The topological polar surface area (TPSA) is 26.3 Å². The fourth-order valence-electron chi connectivity index (χ4n) is 2.07. The maximum absolute atomic E-state index is 11.4. The molecule has 0 atom stereocenters. The second-order valence-electron chi connectivity index (χ2n) is 4.10. The molecule has 0 amide bonds. The van der Waals surface area contributed by atoms with Crippen LogP contribution in [-0.2, 0) is 16.0 Å². The third kappa shape index (κ3) is 2.89. The Hall–Kier alpha value is -1.28. The molecule has 2 rings (SSSR count). The van der Waals surface area contributed by atoms with Gasteiger partial charge in [-0.15, -0.1) is 0 Å². The minimum Gasteiger partial charge on any atom is -0.466 e. The van der Waals surface area contributed by atoms with Crippen LogP contribution in [0.25, 0.3) is 6.08 Å². The molecule has 0 saturated heterocycles. The van der Waals surface area contributed by atoms with Crippen LogP contribution in [0.2, 0.25) is 5.02 Å². The lowest BCUT2D eigenvalue weighted by Crippen LogP contribution is -2.08. The van der Waals surface area contributed by atoms with Crippen LogP contribution >= 0.6 is 11.6 Å². The van der Waals surface area contributed by atoms with Gasteiger partial charge in [-0.2, -0.15) is 0 Å². The van der Waals surface area contributed by atoms with Crippen molar-refractivity contribution in [3.63, 3.8) is 0 Å². The third-order valence-electron chi connectivity index (χ3n) is 2.88. The van der Waals surface area contributed by atoms with Crippen molar-refractivity contribution < 1.29 is 9.53 Å². The number of hydrogen-bond acceptors (Lipinski definition) is 2. The number of rotatable bonds is 3. The summed E-state index contributed by atoms with van der Waals surface area (Å²) in [6, 6.07) is 5.92. The summed E-state index contributed by atoms with van der Waals surface area (Å²) < 4.78 is 4.95. The van der Waals surface area contributed by atoms with Crippen LogP contribution in [0, 0.1) is 0 Å². The van der Waals surface area contributed by atoms with E-state index in [9.17, 15) is 4.79 Å². The second kappa shape index (κ2) is 5.37. The summed E-state index contributed by atoms with van der Waals surface area (Å²) in [7, 11) is 0. The number of hydrogen-bond donors (Lipinski definition) is 0. The van der Waals surface area contributed by atoms with Crippen LogP contribution in [0.3, 0.4) is 0 Å². The molecule has 1 aromatic rings. The Morgan fingerprint density at radius 3 is 3.00 bits per heavy atom. The average molecular weight is 251 g/mol. The van der Waals surface area contributed by atoms with Gasteiger partial charge in [0.15, 0.2) is 0 Å². The number of carbonyl (C=O) groups excluding carboxylic acids is 1. The lowest BCUT2D eigenvalue weighted by Gasteiger charge is -2.17. The summed E-state index contributed by atoms with van der Waals surface area (Å²) in [5.41, 5.74) is 3.41. The van der Waals surface area contributed by atoms with E-state index in [1.807, 2.05) is 25.1 Å². The summed E-state index contributed by atoms with van der Waals surface area (Å²) in [5, 5.41) is 0.753. The van der Waals surface area contributed by atoms with E-state index in [4.69, 9.17) is 16.3 Å². The zero-order valence-corrected chi connectivity index (χ0v) is 10.6. The van der Waals surface area contributed by atoms with E-state index in [0.29, 0.717) is 13.0 Å². The van der Waals surface area contributed by atoms with Gasteiger partial charge in [-0.05, 0) is 37.0 Å². The first-order valence-corrected chi connectivity index (χ1v) is 6.21. The normalized spacial score (nSPS) is 13.9. The lowest BCUT2D eigenvalue weighted by molar-refractivity contribution is -0.142. The van der Waals surface area contributed by atoms with E-state index in [1.165, 1.54) is 5.56 Å². The minimum absolute atomic E-state index is 0.158. The summed E-state index contributed by atoms with van der Waals surface area (Å²) in [6.45, 7) is 2.25. The van der Waals surface area contributed by atoms with Gasteiger partial charge < -0.3 is 4.74 Å². The highest BCUT2D eigenvalue weighted by Gasteiger charge is 2.15. The molecule has 0 heterocycles. The van der Waals surface area contributed by atoms with Crippen molar-refractivity contribution in [2.75, 3.05) is 6.61 Å². The van der Waals surface area contributed by atoms with Crippen LogP contribution < -0.4 is 0 Å². The monoisotopic (exact) mass is 250 g/mol. The van der Waals surface area contributed by atoms with E-state index in [1.54, 1.807) is 0 Å². The van der Waals surface area contributed by atoms with E-state index in [-0.39, 0.29) is 5.97 Å². The molecule has 0 aromatic heterocycles. The van der Waals surface area contributed by atoms with Crippen LogP contribution in [0.4, 0.5) is 0 Å². The largest absolute Gasteiger partial charge is 0.466 e. The molecule has 0 unspecified atom stereocenters. The van der Waals surface area contributed by atoms with Crippen LogP contribution in [0.5, 0.6) is 0 Å². The molecule has 0 aliphatic heterocycles. The highest BCUT2D eigenvalue weighted by molar-refractivity contribution is 6.32. The van der Waals surface area contributed by atoms with Crippen molar-refractivity contribution in [2.45, 2.75) is 26.2 Å². The Morgan fingerprint density at radius 1 is 1.41 bits per heavy atom. The predicted molar refractivity (Wildman–Crippen MR) is 69.0 cm³/mol. The first-order chi connectivity index (χ1) is 8.20. The summed E-state index contributed by atoms with van der Waals surface area (Å²) in [5.74, 6) is -0.158. The number of benzene rings is 1. The van der Waals surface area contributed by atoms with Crippen molar-refractivity contribution >= 4 is 23.6 Å². The highest BCUT2D eigenvalue weighted by atomic mass is 35.5. The van der Waals surface area contributed by atoms with Crippen LogP contribution in [0.1, 0.15) is 30.9 Å². The first-order valence-electron chi connectivity index (χ1n) is 5.83. The van der Waals surface area contributed by atoms with Gasteiger partial charge in [-0.1, -0.05) is 35.4 Å². The second-order valence-corrected chi connectivity index (χ2v) is 4.50. The Morgan fingerprint density at radius 2 is 2.24 bits per heavy atom. The van der Waals surface area contributed by atoms with Gasteiger partial charge in [0.1, 0.15) is 0 Å². The van der Waals surface area contributed by atoms with Gasteiger partial charge in [0.05, 0.1) is 13.0 Å². The molecule has 1 aliphatic rings. The number of halogens is 1. The molecule has 90 valence electrons. The maximum Gasteiger partial charge on any atom is 0.309 e. The number of fused-ring (bicyclic) bond motifs is 1. The van der Waals surface area contributed by atoms with Gasteiger partial charge in [-0.25, -0.2) is 0 Å². The standard InChI is InChI=1S/C14H15ClO2/c1-2-17-14(16)9-10-6-7-11-4-3-5-13(15)12(11)8-10/h3-5,8H,2,6-7,9H2,1H3. The molecule has 0 fully saturated rings. The van der Waals surface area contributed by atoms with E-state index < -0.39 is 0 Å². The SMILES string of the molecule is CCOC(=O)CC1=Cc2c(Cl)cccc2CC1. The van der Waals surface area contributed by atoms with Crippen molar-refractivity contribution in [3.8, 4) is 0 Å². The molecule has 1 aromatic carbocycles. The Kier molecular flexibility index (Phi) is 3.85. The van der Waals surface area contributed by atoms with Gasteiger partial charge in [0.25, 0.3) is 0 Å². The maximum atomic E-state index is 11.4. The molecule has 0 N–H and O–H groups in total. The van der Waals surface area contributed by atoms with Gasteiger partial charge in [-0.3, -0.25) is 4.79 Å². The fraction of sp³-hybridized carbons (Fsp3) is 0.357. The smallest absolute Gasteiger partial charge is 0.309 e. The molecule has 17 heavy (non-hydrogen) atoms. The van der Waals surface area contributed by atoms with E-state index >= 15 is 0 Å². The molecular formula is C14H15ClO2.